The third-order valence-corrected chi connectivity index (χ3v) is 6.31. The molecule has 0 aliphatic carbocycles. The zero-order valence-electron chi connectivity index (χ0n) is 15.7. The molecule has 0 spiro atoms. The smallest absolute Gasteiger partial charge is 0.366 e. The number of benzene rings is 2. The number of amides is 1. The van der Waals surface area contributed by atoms with E-state index in [1.54, 1.807) is 30.3 Å². The van der Waals surface area contributed by atoms with Gasteiger partial charge in [0.05, 0.1) is 22.0 Å². The lowest BCUT2D eigenvalue weighted by molar-refractivity contribution is -0.137. The maximum absolute atomic E-state index is 13.3. The number of hydrogen-bond donors (Lipinski definition) is 1. The Morgan fingerprint density at radius 1 is 1.06 bits per heavy atom. The number of carbonyl (C=O) groups excluding carboxylic acids is 1. The van der Waals surface area contributed by atoms with Gasteiger partial charge in [-0.1, -0.05) is 41.9 Å². The second-order valence-electron chi connectivity index (χ2n) is 6.41. The van der Waals surface area contributed by atoms with Crippen LogP contribution in [-0.2, 0) is 22.7 Å². The molecule has 0 bridgehead atoms. The molecule has 0 fully saturated rings. The summed E-state index contributed by atoms with van der Waals surface area (Å²) >= 11 is 6.03. The van der Waals surface area contributed by atoms with Crippen LogP contribution >= 0.6 is 11.6 Å². The van der Waals surface area contributed by atoms with Gasteiger partial charge in [-0.05, 0) is 35.9 Å². The van der Waals surface area contributed by atoms with Gasteiger partial charge >= 0.3 is 6.18 Å². The van der Waals surface area contributed by atoms with Gasteiger partial charge in [-0.15, -0.1) is 0 Å². The summed E-state index contributed by atoms with van der Waals surface area (Å²) in [7, 11) is -4.31. The van der Waals surface area contributed by atoms with E-state index in [-0.39, 0.29) is 22.8 Å². The van der Waals surface area contributed by atoms with Crippen LogP contribution in [0, 0.1) is 0 Å². The van der Waals surface area contributed by atoms with Gasteiger partial charge in [0.1, 0.15) is 0 Å². The minimum Gasteiger partial charge on any atom is -0.366 e. The van der Waals surface area contributed by atoms with Crippen molar-refractivity contribution in [3.8, 4) is 0 Å². The average molecular weight is 470 g/mol. The molecule has 0 saturated heterocycles. The molecule has 31 heavy (non-hydrogen) atoms. The fraction of sp³-hybridized carbons (Fsp3) is 0.100. The van der Waals surface area contributed by atoms with E-state index in [0.717, 1.165) is 4.31 Å². The van der Waals surface area contributed by atoms with E-state index in [2.05, 4.69) is 4.98 Å². The van der Waals surface area contributed by atoms with Crippen molar-refractivity contribution in [3.63, 3.8) is 0 Å². The van der Waals surface area contributed by atoms with Crippen LogP contribution in [0.5, 0.6) is 0 Å². The van der Waals surface area contributed by atoms with Crippen LogP contribution in [0.3, 0.4) is 0 Å². The summed E-state index contributed by atoms with van der Waals surface area (Å²) in [5.41, 5.74) is 4.72. The molecule has 162 valence electrons. The molecule has 0 aliphatic rings. The molecule has 3 rings (SSSR count). The van der Waals surface area contributed by atoms with E-state index in [1.165, 1.54) is 24.3 Å². The number of anilines is 1. The highest BCUT2D eigenvalue weighted by molar-refractivity contribution is 7.92. The summed E-state index contributed by atoms with van der Waals surface area (Å²) in [6, 6.07) is 13.8. The fourth-order valence-corrected chi connectivity index (χ4v) is 4.46. The van der Waals surface area contributed by atoms with Gasteiger partial charge in [-0.25, -0.2) is 17.7 Å². The predicted octanol–water partition coefficient (Wildman–Crippen LogP) is 4.25. The quantitative estimate of drug-likeness (QED) is 0.584. The van der Waals surface area contributed by atoms with Gasteiger partial charge in [-0.2, -0.15) is 13.2 Å². The third kappa shape index (κ3) is 4.97. The Balaban J connectivity index is 2.11. The summed E-state index contributed by atoms with van der Waals surface area (Å²) in [5.74, 6) is -1.10. The highest BCUT2D eigenvalue weighted by Crippen LogP contribution is 2.35. The number of nitrogens with two attached hydrogens (primary N) is 1. The van der Waals surface area contributed by atoms with Crippen LogP contribution in [0.25, 0.3) is 0 Å². The Bertz CT molecular complexity index is 1200. The zero-order chi connectivity index (χ0) is 22.8. The van der Waals surface area contributed by atoms with E-state index in [0.29, 0.717) is 17.8 Å². The van der Waals surface area contributed by atoms with E-state index < -0.39 is 32.7 Å². The van der Waals surface area contributed by atoms with E-state index >= 15 is 0 Å². The number of halogens is 4. The Morgan fingerprint density at radius 2 is 1.68 bits per heavy atom. The molecular formula is C20H15ClF3N3O3S. The highest BCUT2D eigenvalue weighted by atomic mass is 35.5. The molecular weight excluding hydrogens is 455 g/mol. The van der Waals surface area contributed by atoms with Crippen LogP contribution in [0.1, 0.15) is 21.5 Å². The van der Waals surface area contributed by atoms with Crippen LogP contribution < -0.4 is 10.0 Å². The van der Waals surface area contributed by atoms with Crippen LogP contribution in [-0.4, -0.2) is 19.3 Å². The largest absolute Gasteiger partial charge is 0.417 e. The molecule has 1 aromatic heterocycles. The molecule has 11 heteroatoms. The van der Waals surface area contributed by atoms with E-state index in [4.69, 9.17) is 17.3 Å². The monoisotopic (exact) mass is 469 g/mol. The first-order valence-corrected chi connectivity index (χ1v) is 10.5. The first-order chi connectivity index (χ1) is 14.5. The number of sulfonamides is 1. The molecule has 0 atom stereocenters. The summed E-state index contributed by atoms with van der Waals surface area (Å²) in [6.07, 6.45) is -4.17. The van der Waals surface area contributed by atoms with Crippen molar-refractivity contribution < 1.29 is 26.4 Å². The second-order valence-corrected chi connectivity index (χ2v) is 8.68. The number of hydrogen-bond acceptors (Lipinski definition) is 4. The normalized spacial score (nSPS) is 11.9. The van der Waals surface area contributed by atoms with Crippen molar-refractivity contribution in [2.24, 2.45) is 5.73 Å². The van der Waals surface area contributed by atoms with Crippen molar-refractivity contribution in [2.45, 2.75) is 17.6 Å². The van der Waals surface area contributed by atoms with Crippen molar-refractivity contribution in [3.05, 3.63) is 88.6 Å². The molecule has 2 aromatic carbocycles. The maximum atomic E-state index is 13.3. The summed E-state index contributed by atoms with van der Waals surface area (Å²) in [4.78, 5) is 14.7. The number of primary amides is 1. The topological polar surface area (TPSA) is 93.4 Å². The molecule has 0 aliphatic heterocycles. The van der Waals surface area contributed by atoms with Crippen LogP contribution in [0.2, 0.25) is 5.02 Å². The van der Waals surface area contributed by atoms with Gasteiger partial charge in [0, 0.05) is 11.8 Å². The molecule has 1 amide bonds. The molecule has 0 saturated carbocycles. The standard InChI is InChI=1S/C20H15ClF3N3O3S/c21-17-10-15(20(22,23)24)11-26-19(17)27(12-13-4-2-1-3-5-13)31(29,30)16-8-6-14(7-9-16)18(25)28/h1-11H,12H2,(H2,25,28). The van der Waals surface area contributed by atoms with Gasteiger partial charge in [0.15, 0.2) is 5.82 Å². The Hall–Kier alpha value is -3.11. The number of pyridine rings is 1. The van der Waals surface area contributed by atoms with Crippen LogP contribution in [0.4, 0.5) is 19.0 Å². The summed E-state index contributed by atoms with van der Waals surface area (Å²) in [5, 5.41) is -0.483. The first-order valence-electron chi connectivity index (χ1n) is 8.69. The number of alkyl halides is 3. The number of aromatic nitrogens is 1. The number of nitrogens with zero attached hydrogens (tertiary/aromatic N) is 2. The predicted molar refractivity (Wildman–Crippen MR) is 109 cm³/mol. The first kappa shape index (κ1) is 22.6. The van der Waals surface area contributed by atoms with Crippen molar-refractivity contribution in [2.75, 3.05) is 4.31 Å². The maximum Gasteiger partial charge on any atom is 0.417 e. The molecule has 0 unspecified atom stereocenters. The lowest BCUT2D eigenvalue weighted by Gasteiger charge is -2.25. The Labute approximate surface area is 181 Å². The van der Waals surface area contributed by atoms with E-state index in [9.17, 15) is 26.4 Å². The Morgan fingerprint density at radius 3 is 2.19 bits per heavy atom. The fourth-order valence-electron chi connectivity index (χ4n) is 2.71. The molecule has 1 heterocycles. The molecule has 2 N–H and O–H groups in total. The highest BCUT2D eigenvalue weighted by Gasteiger charge is 2.34. The summed E-state index contributed by atoms with van der Waals surface area (Å²) < 4.78 is 66.4. The molecule has 3 aromatic rings. The second kappa shape index (κ2) is 8.56. The van der Waals surface area contributed by atoms with Gasteiger partial charge in [0.2, 0.25) is 5.91 Å². The van der Waals surface area contributed by atoms with E-state index in [1.807, 2.05) is 0 Å². The zero-order valence-corrected chi connectivity index (χ0v) is 17.2. The van der Waals surface area contributed by atoms with Crippen LogP contribution in [0.15, 0.2) is 71.8 Å². The van der Waals surface area contributed by atoms with Gasteiger partial charge in [0.25, 0.3) is 10.0 Å². The van der Waals surface area contributed by atoms with Crippen molar-refractivity contribution in [1.29, 1.82) is 0 Å². The molecule has 0 radical (unpaired) electrons. The third-order valence-electron chi connectivity index (χ3n) is 4.28. The van der Waals surface area contributed by atoms with Crippen molar-refractivity contribution >= 4 is 33.3 Å². The molecule has 6 nitrogen and oxygen atoms in total. The SMILES string of the molecule is NC(=O)c1ccc(S(=O)(=O)N(Cc2ccccc2)c2ncc(C(F)(F)F)cc2Cl)cc1. The number of rotatable bonds is 6. The Kier molecular flexibility index (Phi) is 6.23. The minimum absolute atomic E-state index is 0.0965. The summed E-state index contributed by atoms with van der Waals surface area (Å²) in [6.45, 7) is -0.237. The number of carbonyl (C=O) groups is 1. The lowest BCUT2D eigenvalue weighted by Crippen LogP contribution is -2.32. The lowest BCUT2D eigenvalue weighted by atomic mass is 10.2. The van der Waals surface area contributed by atoms with Crippen molar-refractivity contribution in [1.82, 2.24) is 4.98 Å². The minimum atomic E-state index is -4.69. The van der Waals surface area contributed by atoms with Gasteiger partial charge in [-0.3, -0.25) is 4.79 Å². The van der Waals surface area contributed by atoms with Gasteiger partial charge < -0.3 is 5.73 Å². The average Bonchev–Trinajstić information content (AvgIpc) is 2.72.